The number of rotatable bonds is 2. The molecule has 2 rings (SSSR count). The predicted octanol–water partition coefficient (Wildman–Crippen LogP) is 2.12. The fourth-order valence-corrected chi connectivity index (χ4v) is 2.37. The largest absolute Gasteiger partial charge is 0.375 e. The van der Waals surface area contributed by atoms with Crippen LogP contribution in [0, 0.1) is 5.82 Å². The topological polar surface area (TPSA) is 50.8 Å². The lowest BCUT2D eigenvalue weighted by atomic mass is 10.2. The smallest absolute Gasteiger partial charge is 0.191 e. The standard InChI is InChI=1S/C13H17BrFN3O/c1-9-8-18(4-5-19-9)13(16)17-7-10-6-11(14)2-3-12(10)15/h2-3,6,9H,4-5,7-8H2,1H3,(H2,16,17). The van der Waals surface area contributed by atoms with Crippen molar-refractivity contribution in [3.05, 3.63) is 34.1 Å². The molecule has 1 fully saturated rings. The maximum atomic E-state index is 13.6. The molecular formula is C13H17BrFN3O. The van der Waals surface area contributed by atoms with Crippen molar-refractivity contribution >= 4 is 21.9 Å². The van der Waals surface area contributed by atoms with Gasteiger partial charge < -0.3 is 15.4 Å². The minimum absolute atomic E-state index is 0.144. The summed E-state index contributed by atoms with van der Waals surface area (Å²) in [6, 6.07) is 4.80. The summed E-state index contributed by atoms with van der Waals surface area (Å²) in [5.41, 5.74) is 6.46. The minimum atomic E-state index is -0.268. The van der Waals surface area contributed by atoms with E-state index < -0.39 is 0 Å². The Labute approximate surface area is 120 Å². The van der Waals surface area contributed by atoms with E-state index in [0.29, 0.717) is 18.1 Å². The van der Waals surface area contributed by atoms with Crippen molar-refractivity contribution in [1.29, 1.82) is 0 Å². The van der Waals surface area contributed by atoms with E-state index in [-0.39, 0.29) is 18.5 Å². The second-order valence-electron chi connectivity index (χ2n) is 4.54. The number of nitrogens with zero attached hydrogens (tertiary/aromatic N) is 2. The molecule has 2 N–H and O–H groups in total. The number of aliphatic imine (C=N–C) groups is 1. The summed E-state index contributed by atoms with van der Waals surface area (Å²) in [6.07, 6.45) is 0.144. The molecule has 0 spiro atoms. The van der Waals surface area contributed by atoms with Crippen LogP contribution in [-0.2, 0) is 11.3 Å². The monoisotopic (exact) mass is 329 g/mol. The van der Waals surface area contributed by atoms with E-state index in [1.807, 2.05) is 11.8 Å². The Bertz CT molecular complexity index is 481. The Morgan fingerprint density at radius 2 is 2.42 bits per heavy atom. The third-order valence-electron chi connectivity index (χ3n) is 2.98. The number of ether oxygens (including phenoxy) is 1. The quantitative estimate of drug-likeness (QED) is 0.668. The molecule has 1 aliphatic rings. The van der Waals surface area contributed by atoms with Crippen LogP contribution in [0.2, 0.25) is 0 Å². The Balaban J connectivity index is 2.03. The summed E-state index contributed by atoms with van der Waals surface area (Å²) in [5, 5.41) is 0. The number of hydrogen-bond acceptors (Lipinski definition) is 2. The first-order valence-electron chi connectivity index (χ1n) is 6.16. The summed E-state index contributed by atoms with van der Waals surface area (Å²) in [7, 11) is 0. The molecule has 6 heteroatoms. The van der Waals surface area contributed by atoms with Gasteiger partial charge in [-0.05, 0) is 25.1 Å². The van der Waals surface area contributed by atoms with Crippen molar-refractivity contribution in [3.8, 4) is 0 Å². The molecule has 104 valence electrons. The fourth-order valence-electron chi connectivity index (χ4n) is 1.96. The zero-order valence-electron chi connectivity index (χ0n) is 10.8. The highest BCUT2D eigenvalue weighted by molar-refractivity contribution is 9.10. The Morgan fingerprint density at radius 3 is 3.16 bits per heavy atom. The number of guanidine groups is 1. The van der Waals surface area contributed by atoms with Crippen LogP contribution >= 0.6 is 15.9 Å². The van der Waals surface area contributed by atoms with E-state index in [1.165, 1.54) is 6.07 Å². The van der Waals surface area contributed by atoms with Crippen LogP contribution in [0.5, 0.6) is 0 Å². The van der Waals surface area contributed by atoms with Crippen LogP contribution in [0.15, 0.2) is 27.7 Å². The molecular weight excluding hydrogens is 313 g/mol. The van der Waals surface area contributed by atoms with Crippen molar-refractivity contribution in [1.82, 2.24) is 4.90 Å². The SMILES string of the molecule is CC1CN(C(N)=NCc2cc(Br)ccc2F)CCO1. The van der Waals surface area contributed by atoms with Crippen LogP contribution < -0.4 is 5.73 Å². The van der Waals surface area contributed by atoms with Crippen molar-refractivity contribution in [2.45, 2.75) is 19.6 Å². The van der Waals surface area contributed by atoms with Crippen LogP contribution in [0.3, 0.4) is 0 Å². The van der Waals surface area contributed by atoms with Gasteiger partial charge in [-0.15, -0.1) is 0 Å². The van der Waals surface area contributed by atoms with Crippen molar-refractivity contribution in [2.75, 3.05) is 19.7 Å². The first-order chi connectivity index (χ1) is 9.06. The first kappa shape index (κ1) is 14.3. The molecule has 0 aliphatic carbocycles. The van der Waals surface area contributed by atoms with Gasteiger partial charge in [-0.25, -0.2) is 9.38 Å². The Kier molecular flexibility index (Phi) is 4.76. The number of morpholine rings is 1. The van der Waals surface area contributed by atoms with Gasteiger partial charge in [0.25, 0.3) is 0 Å². The maximum absolute atomic E-state index is 13.6. The van der Waals surface area contributed by atoms with Gasteiger partial charge in [-0.2, -0.15) is 0 Å². The van der Waals surface area contributed by atoms with E-state index >= 15 is 0 Å². The number of nitrogens with two attached hydrogens (primary N) is 1. The highest BCUT2D eigenvalue weighted by atomic mass is 79.9. The van der Waals surface area contributed by atoms with Gasteiger partial charge in [0.05, 0.1) is 19.3 Å². The lowest BCUT2D eigenvalue weighted by molar-refractivity contribution is 0.00528. The second-order valence-corrected chi connectivity index (χ2v) is 5.45. The van der Waals surface area contributed by atoms with Crippen LogP contribution in [0.1, 0.15) is 12.5 Å². The first-order valence-corrected chi connectivity index (χ1v) is 6.96. The molecule has 1 unspecified atom stereocenters. The van der Waals surface area contributed by atoms with Gasteiger partial charge in [-0.1, -0.05) is 15.9 Å². The third kappa shape index (κ3) is 3.91. The number of halogens is 2. The van der Waals surface area contributed by atoms with E-state index in [2.05, 4.69) is 20.9 Å². The van der Waals surface area contributed by atoms with Gasteiger partial charge in [-0.3, -0.25) is 0 Å². The Morgan fingerprint density at radius 1 is 1.63 bits per heavy atom. The molecule has 1 atom stereocenters. The van der Waals surface area contributed by atoms with Gasteiger partial charge in [0.1, 0.15) is 5.82 Å². The molecule has 1 saturated heterocycles. The van der Waals surface area contributed by atoms with Crippen LogP contribution in [0.25, 0.3) is 0 Å². The molecule has 0 aromatic heterocycles. The second kappa shape index (κ2) is 6.34. The average Bonchev–Trinajstić information content (AvgIpc) is 2.39. The molecule has 1 heterocycles. The highest BCUT2D eigenvalue weighted by Crippen LogP contribution is 2.16. The summed E-state index contributed by atoms with van der Waals surface area (Å²) in [6.45, 7) is 4.32. The van der Waals surface area contributed by atoms with E-state index in [9.17, 15) is 4.39 Å². The van der Waals surface area contributed by atoms with Crippen molar-refractivity contribution in [2.24, 2.45) is 10.7 Å². The molecule has 0 saturated carbocycles. The molecule has 1 aliphatic heterocycles. The summed E-state index contributed by atoms with van der Waals surface area (Å²) < 4.78 is 19.8. The normalized spacial score (nSPS) is 20.7. The van der Waals surface area contributed by atoms with Gasteiger partial charge >= 0.3 is 0 Å². The lowest BCUT2D eigenvalue weighted by Gasteiger charge is -2.31. The van der Waals surface area contributed by atoms with Crippen LogP contribution in [-0.4, -0.2) is 36.7 Å². The minimum Gasteiger partial charge on any atom is -0.375 e. The van der Waals surface area contributed by atoms with E-state index in [1.54, 1.807) is 12.1 Å². The average molecular weight is 330 g/mol. The van der Waals surface area contributed by atoms with E-state index in [4.69, 9.17) is 10.5 Å². The van der Waals surface area contributed by atoms with Crippen molar-refractivity contribution < 1.29 is 9.13 Å². The predicted molar refractivity (Wildman–Crippen MR) is 76.4 cm³/mol. The fraction of sp³-hybridized carbons (Fsp3) is 0.462. The Hall–Kier alpha value is -1.14. The van der Waals surface area contributed by atoms with E-state index in [0.717, 1.165) is 17.6 Å². The third-order valence-corrected chi connectivity index (χ3v) is 3.48. The van der Waals surface area contributed by atoms with Crippen molar-refractivity contribution in [3.63, 3.8) is 0 Å². The van der Waals surface area contributed by atoms with Crippen LogP contribution in [0.4, 0.5) is 4.39 Å². The molecule has 4 nitrogen and oxygen atoms in total. The highest BCUT2D eigenvalue weighted by Gasteiger charge is 2.18. The zero-order chi connectivity index (χ0) is 13.8. The number of hydrogen-bond donors (Lipinski definition) is 1. The summed E-state index contributed by atoms with van der Waals surface area (Å²) in [4.78, 5) is 6.22. The molecule has 0 radical (unpaired) electrons. The summed E-state index contributed by atoms with van der Waals surface area (Å²) >= 11 is 3.31. The van der Waals surface area contributed by atoms with Gasteiger partial charge in [0.2, 0.25) is 0 Å². The molecule has 1 aromatic carbocycles. The molecule has 1 aromatic rings. The lowest BCUT2D eigenvalue weighted by Crippen LogP contribution is -2.47. The molecule has 0 bridgehead atoms. The molecule has 0 amide bonds. The summed E-state index contributed by atoms with van der Waals surface area (Å²) in [5.74, 6) is 0.171. The molecule has 19 heavy (non-hydrogen) atoms. The zero-order valence-corrected chi connectivity index (χ0v) is 12.4. The maximum Gasteiger partial charge on any atom is 0.191 e. The van der Waals surface area contributed by atoms with Gasteiger partial charge in [0, 0.05) is 23.1 Å². The van der Waals surface area contributed by atoms with Gasteiger partial charge in [0.15, 0.2) is 5.96 Å². The number of benzene rings is 1.